The van der Waals surface area contributed by atoms with Gasteiger partial charge in [0.15, 0.2) is 0 Å². The van der Waals surface area contributed by atoms with E-state index in [1.165, 1.54) is 0 Å². The fourth-order valence-electron chi connectivity index (χ4n) is 3.04. The molecule has 4 N–H and O–H groups in total. The summed E-state index contributed by atoms with van der Waals surface area (Å²) in [4.78, 5) is 22.6. The molecule has 0 radical (unpaired) electrons. The molecule has 6 nitrogen and oxygen atoms in total. The van der Waals surface area contributed by atoms with E-state index in [1.807, 2.05) is 41.1 Å². The number of benzene rings is 3. The minimum absolute atomic E-state index is 0.442. The highest BCUT2D eigenvalue weighted by Gasteiger charge is 2.14. The second-order valence-corrected chi connectivity index (χ2v) is 6.13. The second-order valence-electron chi connectivity index (χ2n) is 6.13. The van der Waals surface area contributed by atoms with Gasteiger partial charge in [0.05, 0.1) is 11.2 Å². The zero-order valence-corrected chi connectivity index (χ0v) is 14.3. The zero-order valence-electron chi connectivity index (χ0n) is 14.3. The van der Waals surface area contributed by atoms with Crippen molar-refractivity contribution in [3.05, 3.63) is 83.9 Å². The molecular formula is C21H16N4O2. The Kier molecular flexibility index (Phi) is 3.93. The summed E-state index contributed by atoms with van der Waals surface area (Å²) in [6, 6.07) is 21.9. The average Bonchev–Trinajstić information content (AvgIpc) is 3.08. The molecule has 0 aliphatic heterocycles. The van der Waals surface area contributed by atoms with Crippen molar-refractivity contribution in [2.45, 2.75) is 0 Å². The fourth-order valence-corrected chi connectivity index (χ4v) is 3.04. The number of rotatable bonds is 4. The molecule has 132 valence electrons. The van der Waals surface area contributed by atoms with Crippen LogP contribution in [-0.4, -0.2) is 21.6 Å². The standard InChI is InChI=1S/C21H16N4O2/c22-20(26)14-7-5-13(6-8-14)19-17-3-1-2-4-18(17)25(24-19)16-11-9-15(10-12-16)21(23)27/h1-12H,(H2,22,26)(H2,23,27). The SMILES string of the molecule is NC(=O)c1ccc(-c2nn(-c3ccc(C(N)=O)cc3)c3ccccc23)cc1. The minimum Gasteiger partial charge on any atom is -0.366 e. The second kappa shape index (κ2) is 6.42. The van der Waals surface area contributed by atoms with E-state index in [0.29, 0.717) is 11.1 Å². The summed E-state index contributed by atoms with van der Waals surface area (Å²) in [5.41, 5.74) is 14.9. The van der Waals surface area contributed by atoms with Gasteiger partial charge >= 0.3 is 0 Å². The quantitative estimate of drug-likeness (QED) is 0.587. The van der Waals surface area contributed by atoms with Crippen molar-refractivity contribution < 1.29 is 9.59 Å². The highest BCUT2D eigenvalue weighted by molar-refractivity contribution is 5.96. The highest BCUT2D eigenvalue weighted by atomic mass is 16.1. The molecule has 4 aromatic rings. The molecule has 1 aromatic heterocycles. The summed E-state index contributed by atoms with van der Waals surface area (Å²) in [6.45, 7) is 0. The van der Waals surface area contributed by atoms with E-state index >= 15 is 0 Å². The number of carbonyl (C=O) groups is 2. The summed E-state index contributed by atoms with van der Waals surface area (Å²) in [5.74, 6) is -0.936. The van der Waals surface area contributed by atoms with Crippen LogP contribution >= 0.6 is 0 Å². The van der Waals surface area contributed by atoms with Gasteiger partial charge < -0.3 is 11.5 Å². The number of fused-ring (bicyclic) bond motifs is 1. The molecule has 0 atom stereocenters. The van der Waals surface area contributed by atoms with E-state index in [0.717, 1.165) is 27.8 Å². The van der Waals surface area contributed by atoms with Gasteiger partial charge in [0.25, 0.3) is 0 Å². The van der Waals surface area contributed by atoms with E-state index in [4.69, 9.17) is 16.6 Å². The molecule has 6 heteroatoms. The maximum Gasteiger partial charge on any atom is 0.248 e. The molecule has 0 bridgehead atoms. The van der Waals surface area contributed by atoms with Crippen molar-refractivity contribution in [3.63, 3.8) is 0 Å². The van der Waals surface area contributed by atoms with Gasteiger partial charge in [0.1, 0.15) is 5.69 Å². The monoisotopic (exact) mass is 356 g/mol. The van der Waals surface area contributed by atoms with Gasteiger partial charge in [-0.15, -0.1) is 0 Å². The van der Waals surface area contributed by atoms with Crippen LogP contribution in [0.5, 0.6) is 0 Å². The number of carbonyl (C=O) groups excluding carboxylic acids is 2. The Hall–Kier alpha value is -3.93. The fraction of sp³-hybridized carbons (Fsp3) is 0. The number of para-hydroxylation sites is 1. The predicted octanol–water partition coefficient (Wildman–Crippen LogP) is 2.89. The van der Waals surface area contributed by atoms with E-state index in [9.17, 15) is 9.59 Å². The average molecular weight is 356 g/mol. The lowest BCUT2D eigenvalue weighted by atomic mass is 10.1. The molecule has 3 aromatic carbocycles. The molecule has 0 spiro atoms. The van der Waals surface area contributed by atoms with E-state index in [-0.39, 0.29) is 0 Å². The van der Waals surface area contributed by atoms with Crippen molar-refractivity contribution in [2.24, 2.45) is 11.5 Å². The third-order valence-electron chi connectivity index (χ3n) is 4.43. The van der Waals surface area contributed by atoms with Crippen LogP contribution in [0.4, 0.5) is 0 Å². The number of aromatic nitrogens is 2. The topological polar surface area (TPSA) is 104 Å². The zero-order chi connectivity index (χ0) is 19.0. The molecule has 0 fully saturated rings. The van der Waals surface area contributed by atoms with Gasteiger partial charge in [-0.3, -0.25) is 9.59 Å². The first-order chi connectivity index (χ1) is 13.0. The maximum absolute atomic E-state index is 11.3. The molecule has 0 unspecified atom stereocenters. The summed E-state index contributed by atoms with van der Waals surface area (Å²) >= 11 is 0. The van der Waals surface area contributed by atoms with Gasteiger partial charge in [0.2, 0.25) is 11.8 Å². The molecule has 0 saturated carbocycles. The Morgan fingerprint density at radius 3 is 1.89 bits per heavy atom. The predicted molar refractivity (Wildman–Crippen MR) is 104 cm³/mol. The molecule has 0 saturated heterocycles. The number of hydrogen-bond donors (Lipinski definition) is 2. The summed E-state index contributed by atoms with van der Waals surface area (Å²) in [7, 11) is 0. The normalized spacial score (nSPS) is 10.8. The van der Waals surface area contributed by atoms with Crippen molar-refractivity contribution >= 4 is 22.7 Å². The summed E-state index contributed by atoms with van der Waals surface area (Å²) in [5, 5.41) is 5.74. The molecule has 2 amide bonds. The third kappa shape index (κ3) is 2.93. The Morgan fingerprint density at radius 1 is 0.741 bits per heavy atom. The molecular weight excluding hydrogens is 340 g/mol. The van der Waals surface area contributed by atoms with Gasteiger partial charge in [-0.05, 0) is 42.5 Å². The van der Waals surface area contributed by atoms with Crippen molar-refractivity contribution in [2.75, 3.05) is 0 Å². The maximum atomic E-state index is 11.3. The van der Waals surface area contributed by atoms with E-state index < -0.39 is 11.8 Å². The largest absolute Gasteiger partial charge is 0.366 e. The van der Waals surface area contributed by atoms with Gasteiger partial charge in [-0.2, -0.15) is 5.10 Å². The van der Waals surface area contributed by atoms with Crippen LogP contribution in [-0.2, 0) is 0 Å². The number of nitrogens with zero attached hydrogens (tertiary/aromatic N) is 2. The smallest absolute Gasteiger partial charge is 0.248 e. The van der Waals surface area contributed by atoms with Crippen LogP contribution in [0, 0.1) is 0 Å². The molecule has 0 aliphatic carbocycles. The molecule has 27 heavy (non-hydrogen) atoms. The first kappa shape index (κ1) is 16.5. The van der Waals surface area contributed by atoms with Crippen molar-refractivity contribution in [1.82, 2.24) is 9.78 Å². The lowest BCUT2D eigenvalue weighted by molar-refractivity contribution is 0.0992. The van der Waals surface area contributed by atoms with Crippen LogP contribution in [0.25, 0.3) is 27.8 Å². The van der Waals surface area contributed by atoms with Crippen molar-refractivity contribution in [1.29, 1.82) is 0 Å². The first-order valence-corrected chi connectivity index (χ1v) is 8.33. The Bertz CT molecular complexity index is 1070. The van der Waals surface area contributed by atoms with Gasteiger partial charge in [-0.25, -0.2) is 4.68 Å². The van der Waals surface area contributed by atoms with E-state index in [1.54, 1.807) is 36.4 Å². The van der Waals surface area contributed by atoms with E-state index in [2.05, 4.69) is 0 Å². The van der Waals surface area contributed by atoms with Gasteiger partial charge in [0, 0.05) is 22.1 Å². The minimum atomic E-state index is -0.470. The molecule has 1 heterocycles. The van der Waals surface area contributed by atoms with Crippen LogP contribution in [0.1, 0.15) is 20.7 Å². The van der Waals surface area contributed by atoms with Gasteiger partial charge in [-0.1, -0.05) is 30.3 Å². The Labute approximate surface area is 155 Å². The third-order valence-corrected chi connectivity index (χ3v) is 4.43. The summed E-state index contributed by atoms with van der Waals surface area (Å²) in [6.07, 6.45) is 0. The molecule has 0 aliphatic rings. The number of amides is 2. The Balaban J connectivity index is 1.86. The molecule has 4 rings (SSSR count). The number of primary amides is 2. The van der Waals surface area contributed by atoms with Crippen LogP contribution in [0.2, 0.25) is 0 Å². The highest BCUT2D eigenvalue weighted by Crippen LogP contribution is 2.30. The van der Waals surface area contributed by atoms with Crippen LogP contribution in [0.15, 0.2) is 72.8 Å². The number of nitrogens with two attached hydrogens (primary N) is 2. The Morgan fingerprint density at radius 2 is 1.30 bits per heavy atom. The number of hydrogen-bond acceptors (Lipinski definition) is 3. The van der Waals surface area contributed by atoms with Crippen LogP contribution in [0.3, 0.4) is 0 Å². The summed E-state index contributed by atoms with van der Waals surface area (Å²) < 4.78 is 1.82. The lowest BCUT2D eigenvalue weighted by Gasteiger charge is -2.04. The van der Waals surface area contributed by atoms with Crippen LogP contribution < -0.4 is 11.5 Å². The van der Waals surface area contributed by atoms with Crippen molar-refractivity contribution in [3.8, 4) is 16.9 Å². The first-order valence-electron chi connectivity index (χ1n) is 8.33. The lowest BCUT2D eigenvalue weighted by Crippen LogP contribution is -2.10.